The summed E-state index contributed by atoms with van der Waals surface area (Å²) in [5.74, 6) is -5.32. The van der Waals surface area contributed by atoms with E-state index in [1.54, 1.807) is 6.92 Å². The van der Waals surface area contributed by atoms with Gasteiger partial charge in [0.25, 0.3) is 5.56 Å². The lowest BCUT2D eigenvalue weighted by Crippen LogP contribution is -2.41. The van der Waals surface area contributed by atoms with Crippen LogP contribution in [0.4, 0.5) is 23.4 Å². The molecule has 0 fully saturated rings. The molecule has 0 aliphatic carbocycles. The van der Waals surface area contributed by atoms with E-state index in [1.165, 1.54) is 35.3 Å². The number of nitrogens with zero attached hydrogens (tertiary/aromatic N) is 3. The van der Waals surface area contributed by atoms with Crippen molar-refractivity contribution in [1.82, 2.24) is 14.5 Å². The van der Waals surface area contributed by atoms with E-state index in [2.05, 4.69) is 21.9 Å². The molecule has 0 aliphatic rings. The van der Waals surface area contributed by atoms with Crippen molar-refractivity contribution in [2.45, 2.75) is 51.3 Å². The Morgan fingerprint density at radius 1 is 1.30 bits per heavy atom. The van der Waals surface area contributed by atoms with E-state index in [4.69, 9.17) is 0 Å². The molecular formula is C23H24F4N4O2. The number of alkyl halides is 2. The largest absolute Gasteiger partial charge is 0.384 e. The van der Waals surface area contributed by atoms with Gasteiger partial charge in [0, 0.05) is 30.8 Å². The number of rotatable bonds is 8. The molecule has 0 saturated carbocycles. The van der Waals surface area contributed by atoms with E-state index in [1.807, 2.05) is 0 Å². The van der Waals surface area contributed by atoms with Crippen molar-refractivity contribution in [3.8, 4) is 0 Å². The summed E-state index contributed by atoms with van der Waals surface area (Å²) in [6, 6.07) is 4.01. The SMILES string of the molecule is C=C(F)CCn1cc2c(N[C@H](C)c3cccc(C(F)(F)C(C)(C)O)c3F)ncnc2cc1=O. The number of anilines is 1. The Labute approximate surface area is 187 Å². The topological polar surface area (TPSA) is 80.0 Å². The first kappa shape index (κ1) is 24.4. The van der Waals surface area contributed by atoms with E-state index in [0.717, 1.165) is 19.9 Å². The molecule has 0 bridgehead atoms. The maximum Gasteiger partial charge on any atom is 0.303 e. The summed E-state index contributed by atoms with van der Waals surface area (Å²) in [5, 5.41) is 13.2. The molecule has 0 amide bonds. The van der Waals surface area contributed by atoms with Crippen molar-refractivity contribution in [2.24, 2.45) is 0 Å². The van der Waals surface area contributed by atoms with Gasteiger partial charge in [-0.05, 0) is 26.8 Å². The van der Waals surface area contributed by atoms with Crippen LogP contribution < -0.4 is 10.9 Å². The molecule has 3 aromatic rings. The summed E-state index contributed by atoms with van der Waals surface area (Å²) in [6.45, 7) is 6.60. The molecule has 0 radical (unpaired) electrons. The molecule has 6 nitrogen and oxygen atoms in total. The van der Waals surface area contributed by atoms with Crippen LogP contribution in [-0.2, 0) is 12.5 Å². The van der Waals surface area contributed by atoms with Crippen LogP contribution in [0.3, 0.4) is 0 Å². The zero-order valence-electron chi connectivity index (χ0n) is 18.4. The van der Waals surface area contributed by atoms with Crippen molar-refractivity contribution < 1.29 is 22.7 Å². The molecule has 2 heterocycles. The Morgan fingerprint density at radius 2 is 2.00 bits per heavy atom. The molecule has 0 spiro atoms. The van der Waals surface area contributed by atoms with Crippen molar-refractivity contribution in [2.75, 3.05) is 5.32 Å². The number of aryl methyl sites for hydroxylation is 1. The van der Waals surface area contributed by atoms with Crippen LogP contribution in [0.5, 0.6) is 0 Å². The molecule has 10 heteroatoms. The molecule has 0 unspecified atom stereocenters. The van der Waals surface area contributed by atoms with Crippen LogP contribution in [0.15, 0.2) is 54.0 Å². The summed E-state index contributed by atoms with van der Waals surface area (Å²) in [6.07, 6.45) is 2.61. The summed E-state index contributed by atoms with van der Waals surface area (Å²) in [7, 11) is 0. The summed E-state index contributed by atoms with van der Waals surface area (Å²) < 4.78 is 58.7. The first-order valence-electron chi connectivity index (χ1n) is 10.2. The standard InChI is InChI=1S/C23H24F4N4O2/c1-13(24)8-9-31-11-16-18(10-19(31)32)28-12-29-21(16)30-14(2)15-6-5-7-17(20(15)25)23(26,27)22(3,4)33/h5-7,10-12,14,33H,1,8-9H2,2-4H3,(H,28,29,30)/t14-/m1/s1. The number of pyridine rings is 1. The highest BCUT2D eigenvalue weighted by Crippen LogP contribution is 2.41. The molecule has 0 aliphatic heterocycles. The van der Waals surface area contributed by atoms with Crippen LogP contribution >= 0.6 is 0 Å². The second-order valence-corrected chi connectivity index (χ2v) is 8.30. The Morgan fingerprint density at radius 3 is 2.64 bits per heavy atom. The maximum atomic E-state index is 15.1. The van der Waals surface area contributed by atoms with Gasteiger partial charge in [0.1, 0.15) is 23.6 Å². The van der Waals surface area contributed by atoms with Gasteiger partial charge in [-0.1, -0.05) is 18.7 Å². The van der Waals surface area contributed by atoms with Gasteiger partial charge < -0.3 is 15.0 Å². The smallest absolute Gasteiger partial charge is 0.303 e. The molecule has 0 saturated heterocycles. The molecule has 1 aromatic carbocycles. The third kappa shape index (κ3) is 4.90. The Balaban J connectivity index is 2.00. The number of benzene rings is 1. The number of aliphatic hydroxyl groups is 1. The van der Waals surface area contributed by atoms with Crippen LogP contribution in [-0.4, -0.2) is 25.2 Å². The van der Waals surface area contributed by atoms with Crippen molar-refractivity contribution in [3.63, 3.8) is 0 Å². The van der Waals surface area contributed by atoms with Gasteiger partial charge in [0.2, 0.25) is 0 Å². The minimum absolute atomic E-state index is 0.0499. The Kier molecular flexibility index (Phi) is 6.60. The number of halogens is 4. The lowest BCUT2D eigenvalue weighted by Gasteiger charge is -2.30. The number of allylic oxidation sites excluding steroid dienone is 1. The second kappa shape index (κ2) is 8.93. The number of aromatic nitrogens is 3. The molecule has 33 heavy (non-hydrogen) atoms. The number of hydrogen-bond donors (Lipinski definition) is 2. The van der Waals surface area contributed by atoms with Crippen molar-refractivity contribution in [3.05, 3.63) is 76.5 Å². The van der Waals surface area contributed by atoms with Gasteiger partial charge in [-0.15, -0.1) is 0 Å². The lowest BCUT2D eigenvalue weighted by atomic mass is 9.91. The fourth-order valence-electron chi connectivity index (χ4n) is 3.34. The third-order valence-electron chi connectivity index (χ3n) is 5.32. The van der Waals surface area contributed by atoms with Crippen LogP contribution in [0.25, 0.3) is 10.9 Å². The average Bonchev–Trinajstić information content (AvgIpc) is 2.71. The highest BCUT2D eigenvalue weighted by molar-refractivity contribution is 5.88. The predicted octanol–water partition coefficient (Wildman–Crippen LogP) is 4.84. The molecular weight excluding hydrogens is 440 g/mol. The predicted molar refractivity (Wildman–Crippen MR) is 117 cm³/mol. The fourth-order valence-corrected chi connectivity index (χ4v) is 3.34. The summed E-state index contributed by atoms with van der Waals surface area (Å²) in [4.78, 5) is 20.4. The zero-order valence-corrected chi connectivity index (χ0v) is 18.4. The third-order valence-corrected chi connectivity index (χ3v) is 5.32. The first-order chi connectivity index (χ1) is 15.3. The van der Waals surface area contributed by atoms with E-state index in [-0.39, 0.29) is 24.3 Å². The van der Waals surface area contributed by atoms with Gasteiger partial charge in [0.15, 0.2) is 0 Å². The minimum atomic E-state index is -3.83. The minimum Gasteiger partial charge on any atom is -0.384 e. The highest BCUT2D eigenvalue weighted by Gasteiger charge is 2.49. The maximum absolute atomic E-state index is 15.1. The van der Waals surface area contributed by atoms with Crippen LogP contribution in [0.1, 0.15) is 44.4 Å². The van der Waals surface area contributed by atoms with Gasteiger partial charge >= 0.3 is 5.92 Å². The summed E-state index contributed by atoms with van der Waals surface area (Å²) in [5.41, 5.74) is -3.54. The van der Waals surface area contributed by atoms with Gasteiger partial charge in [-0.3, -0.25) is 4.79 Å². The van der Waals surface area contributed by atoms with Gasteiger partial charge in [-0.25, -0.2) is 18.7 Å². The Hall–Kier alpha value is -3.27. The molecule has 176 valence electrons. The quantitative estimate of drug-likeness (QED) is 0.467. The van der Waals surface area contributed by atoms with Crippen molar-refractivity contribution >= 4 is 16.7 Å². The van der Waals surface area contributed by atoms with E-state index >= 15 is 4.39 Å². The van der Waals surface area contributed by atoms with Gasteiger partial charge in [-0.2, -0.15) is 8.78 Å². The Bertz CT molecular complexity index is 1250. The van der Waals surface area contributed by atoms with E-state index < -0.39 is 40.3 Å². The van der Waals surface area contributed by atoms with Crippen molar-refractivity contribution in [1.29, 1.82) is 0 Å². The van der Waals surface area contributed by atoms with Crippen LogP contribution in [0, 0.1) is 5.82 Å². The average molecular weight is 464 g/mol. The highest BCUT2D eigenvalue weighted by atomic mass is 19.3. The molecule has 2 aromatic heterocycles. The molecule has 1 atom stereocenters. The van der Waals surface area contributed by atoms with Gasteiger partial charge in [0.05, 0.1) is 28.3 Å². The monoisotopic (exact) mass is 464 g/mol. The normalized spacial score (nSPS) is 13.2. The first-order valence-corrected chi connectivity index (χ1v) is 10.2. The second-order valence-electron chi connectivity index (χ2n) is 8.30. The van der Waals surface area contributed by atoms with E-state index in [0.29, 0.717) is 10.9 Å². The van der Waals surface area contributed by atoms with Crippen LogP contribution in [0.2, 0.25) is 0 Å². The zero-order chi connectivity index (χ0) is 24.6. The number of nitrogens with one attached hydrogen (secondary N) is 1. The fraction of sp³-hybridized carbons (Fsp3) is 0.348. The molecule has 2 N–H and O–H groups in total. The summed E-state index contributed by atoms with van der Waals surface area (Å²) >= 11 is 0. The number of hydrogen-bond acceptors (Lipinski definition) is 5. The number of fused-ring (bicyclic) bond motifs is 1. The van der Waals surface area contributed by atoms with E-state index in [9.17, 15) is 23.1 Å². The lowest BCUT2D eigenvalue weighted by molar-refractivity contribution is -0.170. The molecule has 3 rings (SSSR count).